The molecule has 0 aliphatic carbocycles. The fourth-order valence-electron chi connectivity index (χ4n) is 2.71. The summed E-state index contributed by atoms with van der Waals surface area (Å²) in [5.74, 6) is 1.60. The van der Waals surface area contributed by atoms with E-state index < -0.39 is 0 Å². The van der Waals surface area contributed by atoms with E-state index in [9.17, 15) is 0 Å². The van der Waals surface area contributed by atoms with Crippen molar-refractivity contribution in [3.63, 3.8) is 0 Å². The van der Waals surface area contributed by atoms with Gasteiger partial charge >= 0.3 is 0 Å². The second-order valence-corrected chi connectivity index (χ2v) is 6.26. The lowest BCUT2D eigenvalue weighted by Gasteiger charge is -2.04. The Morgan fingerprint density at radius 3 is 3.04 bits per heavy atom. The number of nitrogens with one attached hydrogen (secondary N) is 2. The lowest BCUT2D eigenvalue weighted by molar-refractivity contribution is 0.518. The first-order chi connectivity index (χ1) is 11.7. The molecule has 0 bridgehead atoms. The quantitative estimate of drug-likeness (QED) is 0.580. The molecule has 0 unspecified atom stereocenters. The molecule has 0 radical (unpaired) electrons. The Kier molecular flexibility index (Phi) is 3.66. The minimum Gasteiger partial charge on any atom is -0.467 e. The number of furan rings is 1. The summed E-state index contributed by atoms with van der Waals surface area (Å²) >= 11 is 1.58. The van der Waals surface area contributed by atoms with Crippen molar-refractivity contribution in [2.45, 2.75) is 20.4 Å². The van der Waals surface area contributed by atoms with E-state index in [1.807, 2.05) is 23.6 Å². The molecule has 0 aromatic carbocycles. The molecule has 0 saturated carbocycles. The van der Waals surface area contributed by atoms with Crippen LogP contribution in [0.3, 0.4) is 0 Å². The minimum absolute atomic E-state index is 0.622. The van der Waals surface area contributed by atoms with Crippen molar-refractivity contribution in [1.29, 1.82) is 0 Å². The lowest BCUT2D eigenvalue weighted by atomic mass is 10.2. The number of aromatic amines is 1. The van der Waals surface area contributed by atoms with Crippen molar-refractivity contribution in [2.24, 2.45) is 0 Å². The van der Waals surface area contributed by atoms with Gasteiger partial charge < -0.3 is 9.73 Å². The van der Waals surface area contributed by atoms with Crippen LogP contribution in [-0.4, -0.2) is 24.7 Å². The van der Waals surface area contributed by atoms with E-state index in [1.165, 1.54) is 6.33 Å². The van der Waals surface area contributed by atoms with Gasteiger partial charge in [0.2, 0.25) is 5.95 Å². The zero-order chi connectivity index (χ0) is 16.5. The van der Waals surface area contributed by atoms with Gasteiger partial charge in [0.1, 0.15) is 12.1 Å². The maximum absolute atomic E-state index is 5.32. The van der Waals surface area contributed by atoms with Crippen molar-refractivity contribution < 1.29 is 4.42 Å². The molecular formula is C16H16N6OS. The van der Waals surface area contributed by atoms with E-state index in [1.54, 1.807) is 17.6 Å². The van der Waals surface area contributed by atoms with Crippen LogP contribution in [-0.2, 0) is 6.54 Å². The Bertz CT molecular complexity index is 936. The number of anilines is 1. The van der Waals surface area contributed by atoms with Crippen LogP contribution in [0.4, 0.5) is 5.13 Å². The Morgan fingerprint density at radius 1 is 1.38 bits per heavy atom. The van der Waals surface area contributed by atoms with Crippen LogP contribution in [0.15, 0.2) is 40.6 Å². The van der Waals surface area contributed by atoms with Crippen LogP contribution >= 0.6 is 11.3 Å². The maximum Gasteiger partial charge on any atom is 0.229 e. The Balaban J connectivity index is 1.59. The zero-order valence-corrected chi connectivity index (χ0v) is 14.1. The van der Waals surface area contributed by atoms with E-state index in [0.29, 0.717) is 12.5 Å². The highest BCUT2D eigenvalue weighted by Gasteiger charge is 2.16. The number of nitrogens with zero attached hydrogens (tertiary/aromatic N) is 4. The van der Waals surface area contributed by atoms with E-state index in [2.05, 4.69) is 43.9 Å². The topological polar surface area (TPSA) is 84.6 Å². The number of thiazole rings is 1. The van der Waals surface area contributed by atoms with E-state index in [4.69, 9.17) is 4.42 Å². The smallest absolute Gasteiger partial charge is 0.229 e. The third kappa shape index (κ3) is 2.61. The van der Waals surface area contributed by atoms with Gasteiger partial charge in [-0.3, -0.25) is 4.57 Å². The number of rotatable bonds is 5. The van der Waals surface area contributed by atoms with E-state index in [-0.39, 0.29) is 0 Å². The van der Waals surface area contributed by atoms with Crippen molar-refractivity contribution in [1.82, 2.24) is 24.7 Å². The molecule has 122 valence electrons. The highest BCUT2D eigenvalue weighted by molar-refractivity contribution is 7.14. The van der Waals surface area contributed by atoms with Crippen molar-refractivity contribution >= 4 is 16.5 Å². The maximum atomic E-state index is 5.32. The molecule has 0 amide bonds. The highest BCUT2D eigenvalue weighted by Crippen LogP contribution is 2.31. The molecule has 0 atom stereocenters. The summed E-state index contributed by atoms with van der Waals surface area (Å²) in [6.07, 6.45) is 3.18. The number of hydrogen-bond acceptors (Lipinski definition) is 6. The molecule has 0 aliphatic heterocycles. The largest absolute Gasteiger partial charge is 0.467 e. The summed E-state index contributed by atoms with van der Waals surface area (Å²) in [6, 6.07) is 5.93. The minimum atomic E-state index is 0.622. The van der Waals surface area contributed by atoms with Gasteiger partial charge in [-0.2, -0.15) is 10.1 Å². The number of hydrogen-bond donors (Lipinski definition) is 2. The van der Waals surface area contributed by atoms with Gasteiger partial charge in [0, 0.05) is 22.3 Å². The zero-order valence-electron chi connectivity index (χ0n) is 13.3. The molecule has 4 aromatic heterocycles. The van der Waals surface area contributed by atoms with Gasteiger partial charge in [0.25, 0.3) is 0 Å². The second kappa shape index (κ2) is 5.97. The summed E-state index contributed by atoms with van der Waals surface area (Å²) in [5.41, 5.74) is 4.19. The first-order valence-electron chi connectivity index (χ1n) is 7.49. The second-order valence-electron chi connectivity index (χ2n) is 5.40. The number of aromatic nitrogens is 5. The van der Waals surface area contributed by atoms with Gasteiger partial charge in [-0.15, -0.1) is 11.3 Å². The van der Waals surface area contributed by atoms with Crippen LogP contribution in [0, 0.1) is 13.8 Å². The van der Waals surface area contributed by atoms with Crippen molar-refractivity contribution in [3.8, 4) is 17.2 Å². The molecule has 24 heavy (non-hydrogen) atoms. The van der Waals surface area contributed by atoms with Gasteiger partial charge in [-0.05, 0) is 32.0 Å². The Morgan fingerprint density at radius 2 is 2.29 bits per heavy atom. The summed E-state index contributed by atoms with van der Waals surface area (Å²) in [7, 11) is 0. The molecule has 0 spiro atoms. The molecule has 4 rings (SSSR count). The first kappa shape index (κ1) is 14.7. The predicted molar refractivity (Wildman–Crippen MR) is 92.3 cm³/mol. The molecule has 8 heteroatoms. The molecule has 0 saturated heterocycles. The molecular weight excluding hydrogens is 324 g/mol. The van der Waals surface area contributed by atoms with E-state index in [0.717, 1.165) is 33.5 Å². The predicted octanol–water partition coefficient (Wildman–Crippen LogP) is 3.54. The average molecular weight is 340 g/mol. The molecule has 4 heterocycles. The summed E-state index contributed by atoms with van der Waals surface area (Å²) < 4.78 is 7.36. The highest BCUT2D eigenvalue weighted by atomic mass is 32.1. The third-order valence-corrected chi connectivity index (χ3v) is 4.62. The molecule has 0 fully saturated rings. The van der Waals surface area contributed by atoms with Gasteiger partial charge in [-0.25, -0.2) is 10.1 Å². The fraction of sp³-hybridized carbons (Fsp3) is 0.188. The lowest BCUT2D eigenvalue weighted by Crippen LogP contribution is -2.01. The summed E-state index contributed by atoms with van der Waals surface area (Å²) in [5, 5.41) is 13.0. The van der Waals surface area contributed by atoms with Crippen LogP contribution < -0.4 is 5.32 Å². The van der Waals surface area contributed by atoms with Gasteiger partial charge in [-0.1, -0.05) is 0 Å². The SMILES string of the molecule is Cc1cc(-c2csc(NCc3ccco3)n2)c(C)n1-c1ncn[nH]1. The third-order valence-electron chi connectivity index (χ3n) is 3.82. The molecule has 4 aromatic rings. The number of H-pyrrole nitrogens is 1. The van der Waals surface area contributed by atoms with Crippen LogP contribution in [0.1, 0.15) is 17.1 Å². The molecule has 0 aliphatic rings. The van der Waals surface area contributed by atoms with Crippen LogP contribution in [0.2, 0.25) is 0 Å². The first-order valence-corrected chi connectivity index (χ1v) is 8.37. The van der Waals surface area contributed by atoms with Crippen LogP contribution in [0.5, 0.6) is 0 Å². The molecule has 2 N–H and O–H groups in total. The van der Waals surface area contributed by atoms with Crippen LogP contribution in [0.25, 0.3) is 17.2 Å². The van der Waals surface area contributed by atoms with Crippen molar-refractivity contribution in [3.05, 3.63) is 53.3 Å². The Labute approximate surface area is 142 Å². The normalized spacial score (nSPS) is 11.1. The van der Waals surface area contributed by atoms with Gasteiger partial charge in [0.05, 0.1) is 18.5 Å². The summed E-state index contributed by atoms with van der Waals surface area (Å²) in [4.78, 5) is 8.92. The van der Waals surface area contributed by atoms with E-state index >= 15 is 0 Å². The number of aryl methyl sites for hydroxylation is 1. The van der Waals surface area contributed by atoms with Crippen molar-refractivity contribution in [2.75, 3.05) is 5.32 Å². The standard InChI is InChI=1S/C16H16N6OS/c1-10-6-13(11(2)22(10)15-18-9-19-21-15)14-8-24-16(20-14)17-7-12-4-3-5-23-12/h3-6,8-9H,7H2,1-2H3,(H,17,20)(H,18,19,21). The molecule has 7 nitrogen and oxygen atoms in total. The summed E-state index contributed by atoms with van der Waals surface area (Å²) in [6.45, 7) is 4.72. The fourth-order valence-corrected chi connectivity index (χ4v) is 3.42. The van der Waals surface area contributed by atoms with Gasteiger partial charge in [0.15, 0.2) is 5.13 Å². The average Bonchev–Trinajstić information content (AvgIpc) is 3.34. The monoisotopic (exact) mass is 340 g/mol. The Hall–Kier alpha value is -2.87.